The number of carbonyl (C=O) groups excluding carboxylic acids is 1. The molecule has 1 aliphatic rings. The van der Waals surface area contributed by atoms with Crippen LogP contribution in [0.5, 0.6) is 0 Å². The second-order valence-corrected chi connectivity index (χ2v) is 6.99. The molecule has 1 aromatic heterocycles. The number of nitrogens with zero attached hydrogens (tertiary/aromatic N) is 2. The Balaban J connectivity index is 1.60. The lowest BCUT2D eigenvalue weighted by molar-refractivity contribution is 0.0895. The highest BCUT2D eigenvalue weighted by Crippen LogP contribution is 2.21. The molecule has 6 heteroatoms. The smallest absolute Gasteiger partial charge is 0.269 e. The van der Waals surface area contributed by atoms with Crippen LogP contribution in [0.1, 0.15) is 37.2 Å². The Kier molecular flexibility index (Phi) is 5.21. The SMILES string of the molecule is CC(C)N1CCC(NC(=O)c2cc(-c3cccc(Cl)c3)n[nH]2)CC1. The summed E-state index contributed by atoms with van der Waals surface area (Å²) < 4.78 is 0. The van der Waals surface area contributed by atoms with Crippen molar-refractivity contribution in [1.29, 1.82) is 0 Å². The summed E-state index contributed by atoms with van der Waals surface area (Å²) in [7, 11) is 0. The highest BCUT2D eigenvalue weighted by Gasteiger charge is 2.23. The maximum Gasteiger partial charge on any atom is 0.269 e. The number of aromatic amines is 1. The van der Waals surface area contributed by atoms with Crippen LogP contribution in [0.15, 0.2) is 30.3 Å². The molecule has 2 heterocycles. The number of rotatable bonds is 4. The first-order valence-corrected chi connectivity index (χ1v) is 8.77. The van der Waals surface area contributed by atoms with E-state index in [0.29, 0.717) is 16.8 Å². The fourth-order valence-electron chi connectivity index (χ4n) is 3.06. The largest absolute Gasteiger partial charge is 0.348 e. The van der Waals surface area contributed by atoms with Gasteiger partial charge >= 0.3 is 0 Å². The molecule has 0 aliphatic carbocycles. The third-order valence-corrected chi connectivity index (χ3v) is 4.77. The van der Waals surface area contributed by atoms with Crippen molar-refractivity contribution < 1.29 is 4.79 Å². The number of likely N-dealkylation sites (tertiary alicyclic amines) is 1. The van der Waals surface area contributed by atoms with Crippen LogP contribution in [0.25, 0.3) is 11.3 Å². The summed E-state index contributed by atoms with van der Waals surface area (Å²) >= 11 is 6.01. The summed E-state index contributed by atoms with van der Waals surface area (Å²) in [6.45, 7) is 6.47. The first kappa shape index (κ1) is 17.0. The van der Waals surface area contributed by atoms with Crippen LogP contribution < -0.4 is 5.32 Å². The van der Waals surface area contributed by atoms with Gasteiger partial charge in [0.25, 0.3) is 5.91 Å². The topological polar surface area (TPSA) is 61.0 Å². The molecule has 24 heavy (non-hydrogen) atoms. The van der Waals surface area contributed by atoms with Gasteiger partial charge in [0.05, 0.1) is 5.69 Å². The van der Waals surface area contributed by atoms with Crippen LogP contribution in [0.3, 0.4) is 0 Å². The molecule has 128 valence electrons. The number of nitrogens with one attached hydrogen (secondary N) is 2. The minimum absolute atomic E-state index is 0.0984. The van der Waals surface area contributed by atoms with Crippen LogP contribution in [-0.4, -0.2) is 46.2 Å². The van der Waals surface area contributed by atoms with Crippen molar-refractivity contribution >= 4 is 17.5 Å². The number of halogens is 1. The molecule has 1 saturated heterocycles. The molecular weight excluding hydrogens is 324 g/mol. The van der Waals surface area contributed by atoms with Gasteiger partial charge in [0, 0.05) is 35.8 Å². The predicted molar refractivity (Wildman–Crippen MR) is 96.2 cm³/mol. The lowest BCUT2D eigenvalue weighted by Crippen LogP contribution is -2.46. The number of H-pyrrole nitrogens is 1. The number of carbonyl (C=O) groups is 1. The Morgan fingerprint density at radius 1 is 1.33 bits per heavy atom. The van der Waals surface area contributed by atoms with Crippen LogP contribution >= 0.6 is 11.6 Å². The van der Waals surface area contributed by atoms with Crippen LogP contribution in [0.4, 0.5) is 0 Å². The third kappa shape index (κ3) is 3.97. The number of hydrogen-bond donors (Lipinski definition) is 2. The molecule has 0 saturated carbocycles. The summed E-state index contributed by atoms with van der Waals surface area (Å²) in [5, 5.41) is 10.8. The molecule has 0 atom stereocenters. The Bertz CT molecular complexity index is 705. The van der Waals surface area contributed by atoms with E-state index >= 15 is 0 Å². The molecule has 0 spiro atoms. The van der Waals surface area contributed by atoms with E-state index in [1.807, 2.05) is 24.3 Å². The molecule has 2 aromatic rings. The molecule has 2 N–H and O–H groups in total. The van der Waals surface area contributed by atoms with Gasteiger partial charge in [-0.2, -0.15) is 5.10 Å². The molecule has 0 bridgehead atoms. The van der Waals surface area contributed by atoms with Gasteiger partial charge in [-0.1, -0.05) is 23.7 Å². The summed E-state index contributed by atoms with van der Waals surface area (Å²) in [6, 6.07) is 10.0. The average Bonchev–Trinajstić information content (AvgIpc) is 3.05. The van der Waals surface area contributed by atoms with Crippen LogP contribution in [0, 0.1) is 0 Å². The van der Waals surface area contributed by atoms with Crippen molar-refractivity contribution in [3.05, 3.63) is 41.0 Å². The Labute approximate surface area is 147 Å². The number of amides is 1. The van der Waals surface area contributed by atoms with Gasteiger partial charge in [0.1, 0.15) is 5.69 Å². The molecule has 1 aromatic carbocycles. The van der Waals surface area contributed by atoms with Crippen molar-refractivity contribution in [2.24, 2.45) is 0 Å². The molecule has 3 rings (SSSR count). The normalized spacial score (nSPS) is 16.5. The van der Waals surface area contributed by atoms with Crippen molar-refractivity contribution in [3.63, 3.8) is 0 Å². The maximum absolute atomic E-state index is 12.4. The average molecular weight is 347 g/mol. The zero-order valence-corrected chi connectivity index (χ0v) is 14.8. The number of piperidine rings is 1. The third-order valence-electron chi connectivity index (χ3n) is 4.54. The minimum Gasteiger partial charge on any atom is -0.348 e. The number of benzene rings is 1. The van der Waals surface area contributed by atoms with Crippen molar-refractivity contribution in [2.45, 2.75) is 38.8 Å². The fourth-order valence-corrected chi connectivity index (χ4v) is 3.25. The first-order valence-electron chi connectivity index (χ1n) is 8.39. The minimum atomic E-state index is -0.0984. The zero-order valence-electron chi connectivity index (χ0n) is 14.1. The highest BCUT2D eigenvalue weighted by molar-refractivity contribution is 6.30. The van der Waals surface area contributed by atoms with Gasteiger partial charge in [-0.05, 0) is 44.9 Å². The highest BCUT2D eigenvalue weighted by atomic mass is 35.5. The van der Waals surface area contributed by atoms with Gasteiger partial charge in [0.15, 0.2) is 0 Å². The fraction of sp³-hybridized carbons (Fsp3) is 0.444. The van der Waals surface area contributed by atoms with Gasteiger partial charge in [-0.25, -0.2) is 0 Å². The van der Waals surface area contributed by atoms with E-state index in [9.17, 15) is 4.79 Å². The number of aromatic nitrogens is 2. The first-order chi connectivity index (χ1) is 11.5. The quantitative estimate of drug-likeness (QED) is 0.892. The van der Waals surface area contributed by atoms with Gasteiger partial charge < -0.3 is 10.2 Å². The summed E-state index contributed by atoms with van der Waals surface area (Å²) in [5.74, 6) is -0.0984. The van der Waals surface area contributed by atoms with E-state index in [0.717, 1.165) is 37.2 Å². The second-order valence-electron chi connectivity index (χ2n) is 6.55. The molecule has 0 radical (unpaired) electrons. The summed E-state index contributed by atoms with van der Waals surface area (Å²) in [4.78, 5) is 14.9. The van der Waals surface area contributed by atoms with Gasteiger partial charge in [0.2, 0.25) is 0 Å². The summed E-state index contributed by atoms with van der Waals surface area (Å²) in [6.07, 6.45) is 1.97. The Morgan fingerprint density at radius 3 is 2.75 bits per heavy atom. The van der Waals surface area contributed by atoms with Crippen LogP contribution in [0.2, 0.25) is 5.02 Å². The molecule has 1 aliphatic heterocycles. The zero-order chi connectivity index (χ0) is 17.1. The monoisotopic (exact) mass is 346 g/mol. The Hall–Kier alpha value is -1.85. The lowest BCUT2D eigenvalue weighted by atomic mass is 10.0. The second kappa shape index (κ2) is 7.36. The standard InChI is InChI=1S/C18H23ClN4O/c1-12(2)23-8-6-15(7-9-23)20-18(24)17-11-16(21-22-17)13-4-3-5-14(19)10-13/h3-5,10-12,15H,6-9H2,1-2H3,(H,20,24)(H,21,22). The predicted octanol–water partition coefficient (Wildman–Crippen LogP) is 3.33. The maximum atomic E-state index is 12.4. The Morgan fingerprint density at radius 2 is 2.08 bits per heavy atom. The van der Waals surface area contributed by atoms with E-state index in [1.165, 1.54) is 0 Å². The van der Waals surface area contributed by atoms with Crippen molar-refractivity contribution in [1.82, 2.24) is 20.4 Å². The van der Waals surface area contributed by atoms with E-state index in [2.05, 4.69) is 34.3 Å². The van der Waals surface area contributed by atoms with Crippen LogP contribution in [-0.2, 0) is 0 Å². The van der Waals surface area contributed by atoms with E-state index in [-0.39, 0.29) is 11.9 Å². The summed E-state index contributed by atoms with van der Waals surface area (Å²) in [5.41, 5.74) is 2.09. The van der Waals surface area contributed by atoms with Gasteiger partial charge in [-0.15, -0.1) is 0 Å². The van der Waals surface area contributed by atoms with E-state index in [4.69, 9.17) is 11.6 Å². The van der Waals surface area contributed by atoms with Crippen molar-refractivity contribution in [3.8, 4) is 11.3 Å². The van der Waals surface area contributed by atoms with E-state index < -0.39 is 0 Å². The molecule has 0 unspecified atom stereocenters. The number of hydrogen-bond acceptors (Lipinski definition) is 3. The van der Waals surface area contributed by atoms with Crippen molar-refractivity contribution in [2.75, 3.05) is 13.1 Å². The molecule has 1 fully saturated rings. The van der Waals surface area contributed by atoms with E-state index in [1.54, 1.807) is 6.07 Å². The van der Waals surface area contributed by atoms with Gasteiger partial charge in [-0.3, -0.25) is 9.89 Å². The molecular formula is C18H23ClN4O. The lowest BCUT2D eigenvalue weighted by Gasteiger charge is -2.34. The molecule has 1 amide bonds. The molecule has 5 nitrogen and oxygen atoms in total.